The molecule has 208 valence electrons. The largest absolute Gasteiger partial charge is 0.494 e. The Hall–Kier alpha value is -5.15. The Morgan fingerprint density at radius 1 is 0.929 bits per heavy atom. The maximum Gasteiger partial charge on any atom is 0.339 e. The number of esters is 1. The Balaban J connectivity index is 1.37. The van der Waals surface area contributed by atoms with Crippen LogP contribution in [0.15, 0.2) is 97.1 Å². The van der Waals surface area contributed by atoms with Crippen LogP contribution >= 0.6 is 11.3 Å². The number of rotatable bonds is 9. The van der Waals surface area contributed by atoms with E-state index in [1.165, 1.54) is 11.3 Å². The number of thiazole rings is 1. The van der Waals surface area contributed by atoms with Gasteiger partial charge in [-0.3, -0.25) is 19.7 Å². The minimum atomic E-state index is -1.62. The van der Waals surface area contributed by atoms with Gasteiger partial charge in [0.15, 0.2) is 10.9 Å². The van der Waals surface area contributed by atoms with Crippen molar-refractivity contribution in [3.05, 3.63) is 114 Å². The van der Waals surface area contributed by atoms with E-state index in [1.54, 1.807) is 66.7 Å². The normalized spacial score (nSPS) is 14.6. The van der Waals surface area contributed by atoms with E-state index in [-0.39, 0.29) is 16.3 Å². The van der Waals surface area contributed by atoms with Crippen molar-refractivity contribution in [1.82, 2.24) is 4.98 Å². The van der Waals surface area contributed by atoms with Crippen molar-refractivity contribution >= 4 is 50.1 Å². The summed E-state index contributed by atoms with van der Waals surface area (Å²) < 4.78 is 11.9. The molecule has 6 rings (SSSR count). The Bertz CT molecular complexity index is 1850. The number of ether oxygens (including phenoxy) is 2. The Morgan fingerprint density at radius 2 is 1.64 bits per heavy atom. The van der Waals surface area contributed by atoms with Crippen LogP contribution in [-0.2, 0) is 14.3 Å². The second-order valence-corrected chi connectivity index (χ2v) is 10.6. The zero-order chi connectivity index (χ0) is 29.2. The standard InChI is InChI=1S/C33H24N2O6S/c1-2-40-20-16-17-25-26(18-20)42-33(34-25)35-31(38)29(37)27(30-23-14-8-9-15-24(23)32(39)41-30)28(36)22-13-7-6-12-21(22)19-10-4-3-5-11-19/h3-18,27,30H,2H2,1H3,(H,34,35,38)/t27-,30+/m0/s1. The van der Waals surface area contributed by atoms with Crippen molar-refractivity contribution < 1.29 is 28.7 Å². The van der Waals surface area contributed by atoms with E-state index in [9.17, 15) is 19.2 Å². The molecule has 0 radical (unpaired) electrons. The van der Waals surface area contributed by atoms with E-state index in [1.807, 2.05) is 37.3 Å². The summed E-state index contributed by atoms with van der Waals surface area (Å²) in [6.45, 7) is 2.38. The molecule has 0 aliphatic carbocycles. The highest BCUT2D eigenvalue weighted by molar-refractivity contribution is 7.22. The number of carbonyl (C=O) groups is 4. The fourth-order valence-corrected chi connectivity index (χ4v) is 5.95. The molecule has 0 unspecified atom stereocenters. The highest BCUT2D eigenvalue weighted by Crippen LogP contribution is 2.39. The minimum Gasteiger partial charge on any atom is -0.494 e. The maximum atomic E-state index is 14.3. The van der Waals surface area contributed by atoms with Gasteiger partial charge in [0, 0.05) is 11.1 Å². The predicted molar refractivity (Wildman–Crippen MR) is 159 cm³/mol. The summed E-state index contributed by atoms with van der Waals surface area (Å²) in [6.07, 6.45) is -1.27. The van der Waals surface area contributed by atoms with Crippen molar-refractivity contribution in [1.29, 1.82) is 0 Å². The van der Waals surface area contributed by atoms with E-state index in [2.05, 4.69) is 10.3 Å². The number of carbonyl (C=O) groups excluding carboxylic acids is 4. The Kier molecular flexibility index (Phi) is 7.33. The summed E-state index contributed by atoms with van der Waals surface area (Å²) >= 11 is 1.17. The quantitative estimate of drug-likeness (QED) is 0.0951. The molecule has 4 aromatic carbocycles. The molecule has 0 fully saturated rings. The second kappa shape index (κ2) is 11.4. The monoisotopic (exact) mass is 576 g/mol. The van der Waals surface area contributed by atoms with Crippen molar-refractivity contribution in [2.45, 2.75) is 13.0 Å². The third kappa shape index (κ3) is 5.06. The van der Waals surface area contributed by atoms with Gasteiger partial charge in [0.1, 0.15) is 17.8 Å². The molecule has 2 atom stereocenters. The van der Waals surface area contributed by atoms with Crippen molar-refractivity contribution in [2.24, 2.45) is 5.92 Å². The summed E-state index contributed by atoms with van der Waals surface area (Å²) in [5.41, 5.74) is 2.84. The van der Waals surface area contributed by atoms with Gasteiger partial charge in [-0.05, 0) is 42.3 Å². The van der Waals surface area contributed by atoms with Crippen molar-refractivity contribution in [2.75, 3.05) is 11.9 Å². The molecule has 0 saturated heterocycles. The van der Waals surface area contributed by atoms with Crippen LogP contribution in [0.5, 0.6) is 5.75 Å². The molecule has 42 heavy (non-hydrogen) atoms. The second-order valence-electron chi connectivity index (χ2n) is 9.57. The van der Waals surface area contributed by atoms with Gasteiger partial charge in [-0.2, -0.15) is 0 Å². The molecule has 1 aliphatic rings. The number of anilines is 1. The number of hydrogen-bond acceptors (Lipinski definition) is 8. The molecule has 1 aliphatic heterocycles. The van der Waals surface area contributed by atoms with Crippen LogP contribution in [0.25, 0.3) is 21.3 Å². The number of cyclic esters (lactones) is 1. The van der Waals surface area contributed by atoms with Crippen LogP contribution in [-0.4, -0.2) is 35.0 Å². The maximum absolute atomic E-state index is 14.3. The molecule has 5 aromatic rings. The fourth-order valence-electron chi connectivity index (χ4n) is 5.06. The number of amides is 1. The molecule has 1 aromatic heterocycles. The van der Waals surface area contributed by atoms with Crippen LogP contribution in [0, 0.1) is 5.92 Å². The molecule has 1 amide bonds. The lowest BCUT2D eigenvalue weighted by atomic mass is 9.82. The Labute approximate surface area is 244 Å². The average Bonchev–Trinajstić information content (AvgIpc) is 3.57. The SMILES string of the molecule is CCOc1ccc2nc(NC(=O)C(=O)[C@H](C(=O)c3ccccc3-c3ccccc3)[C@@H]3OC(=O)c4ccccc43)sc2c1. The zero-order valence-corrected chi connectivity index (χ0v) is 23.2. The lowest BCUT2D eigenvalue weighted by molar-refractivity contribution is -0.138. The van der Waals surface area contributed by atoms with Gasteiger partial charge >= 0.3 is 5.97 Å². The summed E-state index contributed by atoms with van der Waals surface area (Å²) in [4.78, 5) is 58.7. The topological polar surface area (TPSA) is 112 Å². The molecule has 9 heteroatoms. The minimum absolute atomic E-state index is 0.191. The van der Waals surface area contributed by atoms with E-state index in [4.69, 9.17) is 9.47 Å². The summed E-state index contributed by atoms with van der Waals surface area (Å²) in [6, 6.07) is 28.0. The number of hydrogen-bond donors (Lipinski definition) is 1. The Morgan fingerprint density at radius 3 is 2.43 bits per heavy atom. The van der Waals surface area contributed by atoms with E-state index in [0.717, 1.165) is 10.3 Å². The van der Waals surface area contributed by atoms with Crippen molar-refractivity contribution in [3.63, 3.8) is 0 Å². The molecule has 0 saturated carbocycles. The van der Waals surface area contributed by atoms with Crippen LogP contribution in [0.1, 0.15) is 39.3 Å². The summed E-state index contributed by atoms with van der Waals surface area (Å²) in [7, 11) is 0. The van der Waals surface area contributed by atoms with E-state index >= 15 is 0 Å². The van der Waals surface area contributed by atoms with Gasteiger partial charge < -0.3 is 9.47 Å². The van der Waals surface area contributed by atoms with Gasteiger partial charge in [0.25, 0.3) is 5.91 Å². The van der Waals surface area contributed by atoms with Gasteiger partial charge in [-0.1, -0.05) is 84.1 Å². The summed E-state index contributed by atoms with van der Waals surface area (Å²) in [5, 5.41) is 2.75. The number of Topliss-reactive ketones (excluding diaryl/α,β-unsaturated/α-hetero) is 2. The number of nitrogens with one attached hydrogen (secondary N) is 1. The fraction of sp³-hybridized carbons (Fsp3) is 0.121. The average molecular weight is 577 g/mol. The number of nitrogens with zero attached hydrogens (tertiary/aromatic N) is 1. The predicted octanol–water partition coefficient (Wildman–Crippen LogP) is 6.28. The first-order valence-electron chi connectivity index (χ1n) is 13.3. The van der Waals surface area contributed by atoms with E-state index in [0.29, 0.717) is 29.0 Å². The highest BCUT2D eigenvalue weighted by atomic mass is 32.1. The number of aromatic nitrogens is 1. The third-order valence-electron chi connectivity index (χ3n) is 6.98. The van der Waals surface area contributed by atoms with Gasteiger partial charge in [0.2, 0.25) is 5.78 Å². The van der Waals surface area contributed by atoms with Crippen LogP contribution in [0.4, 0.5) is 5.13 Å². The van der Waals surface area contributed by atoms with Crippen LogP contribution in [0.3, 0.4) is 0 Å². The van der Waals surface area contributed by atoms with Crippen LogP contribution < -0.4 is 10.1 Å². The molecule has 2 heterocycles. The smallest absolute Gasteiger partial charge is 0.339 e. The first kappa shape index (κ1) is 27.0. The van der Waals surface area contributed by atoms with Gasteiger partial charge in [0.05, 0.1) is 22.4 Å². The molecule has 0 spiro atoms. The van der Waals surface area contributed by atoms with Crippen LogP contribution in [0.2, 0.25) is 0 Å². The summed E-state index contributed by atoms with van der Waals surface area (Å²) in [5.74, 6) is -4.32. The molecule has 8 nitrogen and oxygen atoms in total. The third-order valence-corrected chi connectivity index (χ3v) is 7.92. The molecular weight excluding hydrogens is 552 g/mol. The molecule has 0 bridgehead atoms. The first-order valence-corrected chi connectivity index (χ1v) is 14.1. The lowest BCUT2D eigenvalue weighted by Gasteiger charge is -2.22. The first-order chi connectivity index (χ1) is 20.4. The highest BCUT2D eigenvalue weighted by Gasteiger charge is 2.46. The number of fused-ring (bicyclic) bond motifs is 2. The van der Waals surface area contributed by atoms with Crippen molar-refractivity contribution in [3.8, 4) is 16.9 Å². The molecular formula is C33H24N2O6S. The van der Waals surface area contributed by atoms with Gasteiger partial charge in [-0.25, -0.2) is 9.78 Å². The van der Waals surface area contributed by atoms with Gasteiger partial charge in [-0.15, -0.1) is 0 Å². The number of ketones is 2. The number of benzene rings is 4. The lowest BCUT2D eigenvalue weighted by Crippen LogP contribution is -2.38. The zero-order valence-electron chi connectivity index (χ0n) is 22.4. The van der Waals surface area contributed by atoms with E-state index < -0.39 is 35.5 Å². The molecule has 1 N–H and O–H groups in total.